The average Bonchev–Trinajstić information content (AvgIpc) is 2.95. The molecule has 0 radical (unpaired) electrons. The van der Waals surface area contributed by atoms with E-state index in [0.29, 0.717) is 12.3 Å². The van der Waals surface area contributed by atoms with E-state index in [1.807, 2.05) is 12.1 Å². The summed E-state index contributed by atoms with van der Waals surface area (Å²) in [4.78, 5) is 4.08. The Morgan fingerprint density at radius 3 is 3.00 bits per heavy atom. The van der Waals surface area contributed by atoms with Crippen LogP contribution in [0, 0.1) is 0 Å². The van der Waals surface area contributed by atoms with Crippen molar-refractivity contribution in [1.29, 1.82) is 0 Å². The molecule has 0 unspecified atom stereocenters. The number of aliphatic hydroxyl groups is 1. The molecule has 2 aromatic rings. The van der Waals surface area contributed by atoms with Gasteiger partial charge in [0.1, 0.15) is 11.5 Å². The predicted octanol–water partition coefficient (Wildman–Crippen LogP) is 2.13. The second kappa shape index (κ2) is 5.92. The molecule has 1 aromatic carbocycles. The Morgan fingerprint density at radius 1 is 1.25 bits per heavy atom. The van der Waals surface area contributed by atoms with E-state index in [9.17, 15) is 0 Å². The molecule has 104 valence electrons. The maximum absolute atomic E-state index is 8.92. The lowest BCUT2D eigenvalue weighted by Gasteiger charge is -2.07. The zero-order valence-corrected chi connectivity index (χ0v) is 11.2. The zero-order chi connectivity index (χ0) is 13.8. The summed E-state index contributed by atoms with van der Waals surface area (Å²) in [6, 6.07) is 9.91. The molecule has 4 nitrogen and oxygen atoms in total. The SMILES string of the molecule is OCc1ccc(OCCc2ccc3c(c2)CCO3)cn1. The molecule has 0 fully saturated rings. The van der Waals surface area contributed by atoms with E-state index in [1.165, 1.54) is 11.1 Å². The van der Waals surface area contributed by atoms with Gasteiger partial charge in [-0.25, -0.2) is 0 Å². The summed E-state index contributed by atoms with van der Waals surface area (Å²) in [5.41, 5.74) is 3.20. The number of rotatable bonds is 5. The third-order valence-corrected chi connectivity index (χ3v) is 3.37. The summed E-state index contributed by atoms with van der Waals surface area (Å²) in [5, 5.41) is 8.92. The van der Waals surface area contributed by atoms with E-state index >= 15 is 0 Å². The summed E-state index contributed by atoms with van der Waals surface area (Å²) in [6.07, 6.45) is 3.49. The Balaban J connectivity index is 1.54. The number of aromatic nitrogens is 1. The van der Waals surface area contributed by atoms with Crippen LogP contribution >= 0.6 is 0 Å². The molecule has 2 heterocycles. The normalized spacial score (nSPS) is 12.8. The van der Waals surface area contributed by atoms with Crippen LogP contribution in [0.5, 0.6) is 11.5 Å². The van der Waals surface area contributed by atoms with Crippen molar-refractivity contribution >= 4 is 0 Å². The second-order valence-electron chi connectivity index (χ2n) is 4.78. The van der Waals surface area contributed by atoms with Crippen molar-refractivity contribution in [3.05, 3.63) is 53.3 Å². The van der Waals surface area contributed by atoms with Crippen molar-refractivity contribution in [1.82, 2.24) is 4.98 Å². The topological polar surface area (TPSA) is 51.6 Å². The van der Waals surface area contributed by atoms with Crippen LogP contribution in [0.4, 0.5) is 0 Å². The Kier molecular flexibility index (Phi) is 3.83. The van der Waals surface area contributed by atoms with E-state index in [0.717, 1.165) is 30.9 Å². The molecule has 0 spiro atoms. The van der Waals surface area contributed by atoms with Gasteiger partial charge in [0, 0.05) is 12.8 Å². The molecule has 0 saturated carbocycles. The highest BCUT2D eigenvalue weighted by Crippen LogP contribution is 2.26. The molecular weight excluding hydrogens is 254 g/mol. The van der Waals surface area contributed by atoms with Gasteiger partial charge in [0.15, 0.2) is 0 Å². The summed E-state index contributed by atoms with van der Waals surface area (Å²) in [7, 11) is 0. The van der Waals surface area contributed by atoms with Crippen molar-refractivity contribution in [2.45, 2.75) is 19.4 Å². The van der Waals surface area contributed by atoms with Crippen molar-refractivity contribution in [3.8, 4) is 11.5 Å². The van der Waals surface area contributed by atoms with E-state index in [-0.39, 0.29) is 6.61 Å². The van der Waals surface area contributed by atoms with E-state index in [4.69, 9.17) is 14.6 Å². The Bertz CT molecular complexity index is 581. The minimum atomic E-state index is -0.0442. The smallest absolute Gasteiger partial charge is 0.137 e. The monoisotopic (exact) mass is 271 g/mol. The van der Waals surface area contributed by atoms with Crippen LogP contribution in [0.1, 0.15) is 16.8 Å². The average molecular weight is 271 g/mol. The minimum Gasteiger partial charge on any atom is -0.493 e. The first-order chi connectivity index (χ1) is 9.85. The van der Waals surface area contributed by atoms with Gasteiger partial charge in [-0.15, -0.1) is 0 Å². The van der Waals surface area contributed by atoms with Crippen molar-refractivity contribution in [3.63, 3.8) is 0 Å². The molecule has 0 amide bonds. The molecule has 0 aliphatic carbocycles. The molecule has 20 heavy (non-hydrogen) atoms. The molecule has 0 saturated heterocycles. The predicted molar refractivity (Wildman–Crippen MR) is 75.0 cm³/mol. The lowest BCUT2D eigenvalue weighted by molar-refractivity contribution is 0.275. The first-order valence-electron chi connectivity index (χ1n) is 6.78. The molecule has 1 aliphatic heterocycles. The highest BCUT2D eigenvalue weighted by molar-refractivity contribution is 5.39. The number of benzene rings is 1. The minimum absolute atomic E-state index is 0.0442. The van der Waals surface area contributed by atoms with Gasteiger partial charge in [-0.1, -0.05) is 12.1 Å². The molecule has 1 N–H and O–H groups in total. The van der Waals surface area contributed by atoms with Crippen molar-refractivity contribution in [2.75, 3.05) is 13.2 Å². The summed E-state index contributed by atoms with van der Waals surface area (Å²) in [6.45, 7) is 1.36. The summed E-state index contributed by atoms with van der Waals surface area (Å²) in [5.74, 6) is 1.74. The molecule has 1 aromatic heterocycles. The quantitative estimate of drug-likeness (QED) is 0.905. The van der Waals surface area contributed by atoms with Crippen LogP contribution in [0.15, 0.2) is 36.5 Å². The number of hydrogen-bond acceptors (Lipinski definition) is 4. The molecule has 1 aliphatic rings. The van der Waals surface area contributed by atoms with Gasteiger partial charge in [-0.05, 0) is 29.3 Å². The molecule has 0 atom stereocenters. The Hall–Kier alpha value is -2.07. The fourth-order valence-electron chi connectivity index (χ4n) is 2.27. The molecule has 0 bridgehead atoms. The fourth-order valence-corrected chi connectivity index (χ4v) is 2.27. The first-order valence-corrected chi connectivity index (χ1v) is 6.78. The van der Waals surface area contributed by atoms with Crippen molar-refractivity contribution in [2.24, 2.45) is 0 Å². The van der Waals surface area contributed by atoms with Crippen LogP contribution in [0.25, 0.3) is 0 Å². The highest BCUT2D eigenvalue weighted by Gasteiger charge is 2.11. The molecule has 4 heteroatoms. The lowest BCUT2D eigenvalue weighted by Crippen LogP contribution is -2.02. The summed E-state index contributed by atoms with van der Waals surface area (Å²) >= 11 is 0. The van der Waals surface area contributed by atoms with Crippen LogP contribution < -0.4 is 9.47 Å². The van der Waals surface area contributed by atoms with E-state index in [2.05, 4.69) is 17.1 Å². The first kappa shape index (κ1) is 12.9. The molecular formula is C16H17NO3. The van der Waals surface area contributed by atoms with Crippen LogP contribution in [-0.4, -0.2) is 23.3 Å². The largest absolute Gasteiger partial charge is 0.493 e. The third-order valence-electron chi connectivity index (χ3n) is 3.37. The number of pyridine rings is 1. The van der Waals surface area contributed by atoms with E-state index in [1.54, 1.807) is 12.3 Å². The fraction of sp³-hybridized carbons (Fsp3) is 0.312. The second-order valence-corrected chi connectivity index (χ2v) is 4.78. The maximum atomic E-state index is 8.92. The van der Waals surface area contributed by atoms with E-state index < -0.39 is 0 Å². The number of fused-ring (bicyclic) bond motifs is 1. The standard InChI is InChI=1S/C16H17NO3/c18-11-14-2-3-15(10-17-14)19-7-5-12-1-4-16-13(9-12)6-8-20-16/h1-4,9-10,18H,5-8,11H2. The van der Waals surface area contributed by atoms with Crippen LogP contribution in [0.3, 0.4) is 0 Å². The van der Waals surface area contributed by atoms with Gasteiger partial charge < -0.3 is 14.6 Å². The van der Waals surface area contributed by atoms with Gasteiger partial charge in [0.05, 0.1) is 31.7 Å². The Labute approximate surface area is 118 Å². The number of hydrogen-bond donors (Lipinski definition) is 1. The highest BCUT2D eigenvalue weighted by atomic mass is 16.5. The zero-order valence-electron chi connectivity index (χ0n) is 11.2. The van der Waals surface area contributed by atoms with Gasteiger partial charge in [0.25, 0.3) is 0 Å². The van der Waals surface area contributed by atoms with Crippen molar-refractivity contribution < 1.29 is 14.6 Å². The maximum Gasteiger partial charge on any atom is 0.137 e. The summed E-state index contributed by atoms with van der Waals surface area (Å²) < 4.78 is 11.1. The van der Waals surface area contributed by atoms with Gasteiger partial charge in [-0.2, -0.15) is 0 Å². The van der Waals surface area contributed by atoms with Crippen LogP contribution in [0.2, 0.25) is 0 Å². The lowest BCUT2D eigenvalue weighted by atomic mass is 10.1. The third kappa shape index (κ3) is 2.91. The van der Waals surface area contributed by atoms with Crippen LogP contribution in [-0.2, 0) is 19.4 Å². The number of aliphatic hydroxyl groups excluding tert-OH is 1. The Morgan fingerprint density at radius 2 is 2.20 bits per heavy atom. The molecule has 3 rings (SSSR count). The van der Waals surface area contributed by atoms with Gasteiger partial charge in [0.2, 0.25) is 0 Å². The number of nitrogens with zero attached hydrogens (tertiary/aromatic N) is 1. The van der Waals surface area contributed by atoms with Gasteiger partial charge in [-0.3, -0.25) is 4.98 Å². The van der Waals surface area contributed by atoms with Gasteiger partial charge >= 0.3 is 0 Å². The number of ether oxygens (including phenoxy) is 2.